The van der Waals surface area contributed by atoms with Crippen molar-refractivity contribution in [2.45, 2.75) is 4.90 Å². The molecule has 0 fully saturated rings. The summed E-state index contributed by atoms with van der Waals surface area (Å²) in [5.41, 5.74) is -0.597. The summed E-state index contributed by atoms with van der Waals surface area (Å²) in [6.45, 7) is 3.40. The molecule has 1 N–H and O–H groups in total. The fourth-order valence-electron chi connectivity index (χ4n) is 2.53. The molecule has 3 aromatic rings. The summed E-state index contributed by atoms with van der Waals surface area (Å²) in [4.78, 5) is 24.3. The van der Waals surface area contributed by atoms with E-state index in [1.807, 2.05) is 0 Å². The van der Waals surface area contributed by atoms with Crippen molar-refractivity contribution in [2.75, 3.05) is 6.61 Å². The van der Waals surface area contributed by atoms with Crippen molar-refractivity contribution < 1.29 is 23.1 Å². The van der Waals surface area contributed by atoms with Crippen molar-refractivity contribution in [3.05, 3.63) is 89.5 Å². The Morgan fingerprint density at radius 2 is 1.86 bits per heavy atom. The Morgan fingerprint density at radius 1 is 1.14 bits per heavy atom. The van der Waals surface area contributed by atoms with Crippen LogP contribution in [0.3, 0.4) is 0 Å². The van der Waals surface area contributed by atoms with Gasteiger partial charge in [0.1, 0.15) is 6.61 Å². The van der Waals surface area contributed by atoms with Crippen LogP contribution in [0.4, 0.5) is 0 Å². The van der Waals surface area contributed by atoms with E-state index in [1.165, 1.54) is 24.3 Å². The number of nitrogens with zero attached hydrogens (tertiary/aromatic N) is 2. The maximum absolute atomic E-state index is 12.9. The molecular formula is C19H16N2O6S. The highest BCUT2D eigenvalue weighted by Gasteiger charge is 2.26. The van der Waals surface area contributed by atoms with Crippen LogP contribution in [0, 0.1) is 0 Å². The van der Waals surface area contributed by atoms with Gasteiger partial charge in [-0.3, -0.25) is 4.57 Å². The monoisotopic (exact) mass is 400 g/mol. The maximum Gasteiger partial charge on any atom is 0.350 e. The highest BCUT2D eigenvalue weighted by Crippen LogP contribution is 2.20. The Kier molecular flexibility index (Phi) is 5.18. The molecule has 2 aromatic carbocycles. The first kappa shape index (κ1) is 19.2. The smallest absolute Gasteiger partial charge is 0.350 e. The molecule has 0 bridgehead atoms. The summed E-state index contributed by atoms with van der Waals surface area (Å²) in [7, 11) is -4.46. The van der Waals surface area contributed by atoms with Crippen molar-refractivity contribution in [3.63, 3.8) is 0 Å². The van der Waals surface area contributed by atoms with Crippen LogP contribution in [0.2, 0.25) is 0 Å². The molecule has 0 radical (unpaired) electrons. The summed E-state index contributed by atoms with van der Waals surface area (Å²) in [5.74, 6) is -1.50. The maximum atomic E-state index is 12.9. The molecule has 0 atom stereocenters. The second-order valence-electron chi connectivity index (χ2n) is 5.66. The van der Waals surface area contributed by atoms with Crippen molar-refractivity contribution in [2.24, 2.45) is 0 Å². The van der Waals surface area contributed by atoms with E-state index in [0.717, 1.165) is 16.8 Å². The second-order valence-corrected chi connectivity index (χ2v) is 7.45. The minimum absolute atomic E-state index is 0.0158. The number of esters is 1. The number of imidazole rings is 1. The number of benzene rings is 2. The van der Waals surface area contributed by atoms with Gasteiger partial charge in [0, 0.05) is 0 Å². The zero-order valence-electron chi connectivity index (χ0n) is 14.6. The van der Waals surface area contributed by atoms with E-state index in [4.69, 9.17) is 4.74 Å². The normalized spacial score (nSPS) is 11.1. The molecule has 1 aromatic heterocycles. The number of ether oxygens (including phenoxy) is 1. The minimum Gasteiger partial charge on any atom is -0.493 e. The molecule has 0 aliphatic heterocycles. The van der Waals surface area contributed by atoms with Crippen molar-refractivity contribution in [1.29, 1.82) is 0 Å². The van der Waals surface area contributed by atoms with Gasteiger partial charge in [-0.1, -0.05) is 36.9 Å². The first-order valence-electron chi connectivity index (χ1n) is 8.08. The van der Waals surface area contributed by atoms with E-state index in [1.54, 1.807) is 30.3 Å². The van der Waals surface area contributed by atoms with E-state index < -0.39 is 27.6 Å². The largest absolute Gasteiger partial charge is 0.493 e. The molecule has 0 unspecified atom stereocenters. The minimum atomic E-state index is -4.46. The Hall–Kier alpha value is -3.59. The zero-order chi connectivity index (χ0) is 20.3. The summed E-state index contributed by atoms with van der Waals surface area (Å²) >= 11 is 0. The molecule has 0 spiro atoms. The Morgan fingerprint density at radius 3 is 2.54 bits per heavy atom. The van der Waals surface area contributed by atoms with Crippen LogP contribution in [0.1, 0.15) is 10.4 Å². The number of para-hydroxylation sites is 1. The molecule has 28 heavy (non-hydrogen) atoms. The average molecular weight is 400 g/mol. The van der Waals surface area contributed by atoms with Crippen LogP contribution in [-0.4, -0.2) is 34.6 Å². The number of rotatable bonds is 6. The van der Waals surface area contributed by atoms with Crippen molar-refractivity contribution in [1.82, 2.24) is 8.54 Å². The molecule has 8 nitrogen and oxygen atoms in total. The predicted octanol–water partition coefficient (Wildman–Crippen LogP) is 1.92. The average Bonchev–Trinajstić information content (AvgIpc) is 3.01. The topological polar surface area (TPSA) is 108 Å². The molecule has 9 heteroatoms. The van der Waals surface area contributed by atoms with Crippen LogP contribution in [0.5, 0.6) is 5.88 Å². The summed E-state index contributed by atoms with van der Waals surface area (Å²) < 4.78 is 32.0. The number of hydrogen-bond donors (Lipinski definition) is 1. The first-order valence-corrected chi connectivity index (χ1v) is 9.52. The lowest BCUT2D eigenvalue weighted by molar-refractivity contribution is 0.0549. The third kappa shape index (κ3) is 3.47. The Bertz CT molecular complexity index is 1190. The number of hydrogen-bond acceptors (Lipinski definition) is 6. The third-order valence-corrected chi connectivity index (χ3v) is 5.48. The van der Waals surface area contributed by atoms with Gasteiger partial charge in [0.2, 0.25) is 5.88 Å². The molecule has 0 saturated carbocycles. The molecule has 0 aliphatic carbocycles. The third-order valence-electron chi connectivity index (χ3n) is 3.81. The van der Waals surface area contributed by atoms with Crippen molar-refractivity contribution >= 4 is 16.0 Å². The van der Waals surface area contributed by atoms with Gasteiger partial charge in [-0.25, -0.2) is 18.0 Å². The van der Waals surface area contributed by atoms with Gasteiger partial charge in [-0.2, -0.15) is 0 Å². The predicted molar refractivity (Wildman–Crippen MR) is 101 cm³/mol. The lowest BCUT2D eigenvalue weighted by atomic mass is 10.2. The van der Waals surface area contributed by atoms with Gasteiger partial charge in [-0.15, -0.1) is 3.97 Å². The van der Waals surface area contributed by atoms with Gasteiger partial charge < -0.3 is 9.84 Å². The van der Waals surface area contributed by atoms with Crippen LogP contribution in [0.25, 0.3) is 5.69 Å². The zero-order valence-corrected chi connectivity index (χ0v) is 15.4. The van der Waals surface area contributed by atoms with Crippen molar-refractivity contribution in [3.8, 4) is 11.6 Å². The number of carbonyl (C=O) groups excluding carboxylic acids is 1. The first-order chi connectivity index (χ1) is 13.4. The van der Waals surface area contributed by atoms with Gasteiger partial charge in [0.05, 0.1) is 22.3 Å². The Labute approximate surface area is 160 Å². The number of aromatic hydroxyl groups is 1. The molecule has 1 heterocycles. The fraction of sp³-hybridized carbons (Fsp3) is 0.0526. The van der Waals surface area contributed by atoms with Gasteiger partial charge >= 0.3 is 11.7 Å². The van der Waals surface area contributed by atoms with Crippen LogP contribution in [0.15, 0.2) is 83.1 Å². The SMILES string of the molecule is C=CCOC(=O)c1cccc(S(=O)(=O)n2c(O)cn(-c3ccccc3)c2=O)c1. The molecule has 0 aliphatic rings. The summed E-state index contributed by atoms with van der Waals surface area (Å²) in [5, 5.41) is 10.1. The Balaban J connectivity index is 2.08. The highest BCUT2D eigenvalue weighted by atomic mass is 32.2. The quantitative estimate of drug-likeness (QED) is 0.500. The standard InChI is InChI=1S/C19H16N2O6S/c1-2-11-27-18(23)14-7-6-10-16(12-14)28(25,26)21-17(22)13-20(19(21)24)15-8-4-3-5-9-15/h2-10,12-13,22H,1,11H2. The van der Waals surface area contributed by atoms with E-state index in [-0.39, 0.29) is 21.0 Å². The van der Waals surface area contributed by atoms with Gasteiger partial charge in [0.15, 0.2) is 0 Å². The molecule has 0 saturated heterocycles. The number of carbonyl (C=O) groups is 1. The molecule has 144 valence electrons. The highest BCUT2D eigenvalue weighted by molar-refractivity contribution is 7.90. The molecular weight excluding hydrogens is 384 g/mol. The van der Waals surface area contributed by atoms with E-state index >= 15 is 0 Å². The van der Waals surface area contributed by atoms with Gasteiger partial charge in [0.25, 0.3) is 10.0 Å². The second kappa shape index (κ2) is 7.57. The van der Waals surface area contributed by atoms with E-state index in [9.17, 15) is 23.1 Å². The lowest BCUT2D eigenvalue weighted by Gasteiger charge is -2.07. The fourth-order valence-corrected chi connectivity index (χ4v) is 3.85. The molecule has 3 rings (SSSR count). The summed E-state index contributed by atoms with van der Waals surface area (Å²) in [6, 6.07) is 13.3. The van der Waals surface area contributed by atoms with Gasteiger partial charge in [-0.05, 0) is 30.3 Å². The lowest BCUT2D eigenvalue weighted by Crippen LogP contribution is -2.29. The van der Waals surface area contributed by atoms with E-state index in [2.05, 4.69) is 6.58 Å². The van der Waals surface area contributed by atoms with Crippen LogP contribution in [-0.2, 0) is 14.8 Å². The summed E-state index contributed by atoms with van der Waals surface area (Å²) in [6.07, 6.45) is 2.39. The van der Waals surface area contributed by atoms with Crippen LogP contribution >= 0.6 is 0 Å². The number of aromatic nitrogens is 2. The van der Waals surface area contributed by atoms with Crippen LogP contribution < -0.4 is 5.69 Å². The van der Waals surface area contributed by atoms with E-state index in [0.29, 0.717) is 5.69 Å². The molecule has 0 amide bonds.